The molecule has 2 aromatic carbocycles. The van der Waals surface area contributed by atoms with Crippen LogP contribution in [-0.4, -0.2) is 25.1 Å². The van der Waals surface area contributed by atoms with Crippen molar-refractivity contribution in [1.82, 2.24) is 9.71 Å². The second-order valence-electron chi connectivity index (χ2n) is 7.36. The standard InChI is InChI=1S/C22H24BrClN2O3S/c1-3-4-5-10-30(28,29)26-22(27)16-7-9-21-19(12-16)18(14(2)25-21)11-15-6-8-17(23)13-20(15)24/h6-9,12-13,25H,3-5,10-11H2,1-2H3,(H,26,27). The van der Waals surface area contributed by atoms with Crippen LogP contribution in [0.2, 0.25) is 5.02 Å². The summed E-state index contributed by atoms with van der Waals surface area (Å²) in [6, 6.07) is 10.9. The monoisotopic (exact) mass is 510 g/mol. The van der Waals surface area contributed by atoms with Crippen molar-refractivity contribution in [2.24, 2.45) is 0 Å². The summed E-state index contributed by atoms with van der Waals surface area (Å²) in [5, 5.41) is 1.53. The summed E-state index contributed by atoms with van der Waals surface area (Å²) in [4.78, 5) is 15.9. The summed E-state index contributed by atoms with van der Waals surface area (Å²) in [6.07, 6.45) is 2.86. The molecule has 5 nitrogen and oxygen atoms in total. The molecule has 0 atom stereocenters. The number of nitrogens with one attached hydrogen (secondary N) is 2. The number of amides is 1. The van der Waals surface area contributed by atoms with Crippen LogP contribution in [0.5, 0.6) is 0 Å². The van der Waals surface area contributed by atoms with Crippen molar-refractivity contribution in [3.05, 3.63) is 68.3 Å². The molecule has 1 aromatic heterocycles. The van der Waals surface area contributed by atoms with Gasteiger partial charge in [0.1, 0.15) is 0 Å². The van der Waals surface area contributed by atoms with Crippen molar-refractivity contribution in [1.29, 1.82) is 0 Å². The molecule has 1 amide bonds. The fraction of sp³-hybridized carbons (Fsp3) is 0.318. The van der Waals surface area contributed by atoms with Gasteiger partial charge in [0.25, 0.3) is 5.91 Å². The minimum atomic E-state index is -3.65. The number of carbonyl (C=O) groups is 1. The number of hydrogen-bond donors (Lipinski definition) is 2. The van der Waals surface area contributed by atoms with Gasteiger partial charge in [0.15, 0.2) is 0 Å². The summed E-state index contributed by atoms with van der Waals surface area (Å²) in [6.45, 7) is 3.97. The average molecular weight is 512 g/mol. The van der Waals surface area contributed by atoms with Gasteiger partial charge in [-0.2, -0.15) is 0 Å². The van der Waals surface area contributed by atoms with Crippen LogP contribution in [0, 0.1) is 6.92 Å². The highest BCUT2D eigenvalue weighted by atomic mass is 79.9. The molecule has 0 saturated heterocycles. The second-order valence-corrected chi connectivity index (χ2v) is 10.5. The Labute approximate surface area is 190 Å². The van der Waals surface area contributed by atoms with Crippen molar-refractivity contribution in [2.75, 3.05) is 5.75 Å². The topological polar surface area (TPSA) is 79.0 Å². The third-order valence-corrected chi connectivity index (χ3v) is 7.20. The van der Waals surface area contributed by atoms with Gasteiger partial charge in [-0.25, -0.2) is 13.1 Å². The summed E-state index contributed by atoms with van der Waals surface area (Å²) in [7, 11) is -3.65. The minimum absolute atomic E-state index is 0.0502. The zero-order valence-corrected chi connectivity index (χ0v) is 20.0. The quantitative estimate of drug-likeness (QED) is 0.379. The molecular weight excluding hydrogens is 488 g/mol. The third-order valence-electron chi connectivity index (χ3n) is 5.03. The molecule has 30 heavy (non-hydrogen) atoms. The first-order valence-corrected chi connectivity index (χ1v) is 12.6. The molecule has 2 N–H and O–H groups in total. The maximum atomic E-state index is 12.6. The van der Waals surface area contributed by atoms with Crippen LogP contribution in [0.1, 0.15) is 53.4 Å². The van der Waals surface area contributed by atoms with Crippen molar-refractivity contribution in [2.45, 2.75) is 39.5 Å². The maximum absolute atomic E-state index is 12.6. The molecule has 0 spiro atoms. The molecule has 0 aliphatic carbocycles. The number of aromatic nitrogens is 1. The van der Waals surface area contributed by atoms with Gasteiger partial charge >= 0.3 is 0 Å². The van der Waals surface area contributed by atoms with Gasteiger partial charge in [-0.05, 0) is 54.8 Å². The number of carbonyl (C=O) groups excluding carboxylic acids is 1. The van der Waals surface area contributed by atoms with Gasteiger partial charge in [0, 0.05) is 38.1 Å². The Morgan fingerprint density at radius 2 is 1.93 bits per heavy atom. The van der Waals surface area contributed by atoms with E-state index in [0.29, 0.717) is 23.4 Å². The number of sulfonamides is 1. The molecule has 8 heteroatoms. The summed E-state index contributed by atoms with van der Waals surface area (Å²) in [5.74, 6) is -0.661. The molecule has 0 aliphatic heterocycles. The highest BCUT2D eigenvalue weighted by Crippen LogP contribution is 2.29. The van der Waals surface area contributed by atoms with Crippen LogP contribution in [0.4, 0.5) is 0 Å². The Morgan fingerprint density at radius 3 is 2.63 bits per heavy atom. The summed E-state index contributed by atoms with van der Waals surface area (Å²) in [5.41, 5.74) is 4.17. The zero-order valence-electron chi connectivity index (χ0n) is 16.9. The summed E-state index contributed by atoms with van der Waals surface area (Å²) >= 11 is 9.80. The molecular formula is C22H24BrClN2O3S. The average Bonchev–Trinajstić information content (AvgIpc) is 2.98. The van der Waals surface area contributed by atoms with Crippen LogP contribution in [0.15, 0.2) is 40.9 Å². The van der Waals surface area contributed by atoms with E-state index >= 15 is 0 Å². The number of aromatic amines is 1. The number of fused-ring (bicyclic) bond motifs is 1. The Hall–Kier alpha value is -1.83. The number of rotatable bonds is 8. The lowest BCUT2D eigenvalue weighted by molar-refractivity contribution is 0.0981. The van der Waals surface area contributed by atoms with Crippen molar-refractivity contribution in [3.63, 3.8) is 0 Å². The van der Waals surface area contributed by atoms with Gasteiger partial charge in [-0.1, -0.05) is 53.4 Å². The third kappa shape index (κ3) is 5.45. The van der Waals surface area contributed by atoms with Crippen molar-refractivity contribution < 1.29 is 13.2 Å². The Balaban J connectivity index is 1.88. The number of hydrogen-bond acceptors (Lipinski definition) is 3. The Morgan fingerprint density at radius 1 is 1.17 bits per heavy atom. The normalized spacial score (nSPS) is 11.7. The van der Waals surface area contributed by atoms with E-state index in [0.717, 1.165) is 45.0 Å². The smallest absolute Gasteiger partial charge is 0.264 e. The van der Waals surface area contributed by atoms with Crippen LogP contribution >= 0.6 is 27.5 Å². The maximum Gasteiger partial charge on any atom is 0.264 e. The molecule has 160 valence electrons. The number of unbranched alkanes of at least 4 members (excludes halogenated alkanes) is 2. The van der Waals surface area contributed by atoms with Gasteiger partial charge in [0.05, 0.1) is 5.75 Å². The first-order valence-electron chi connectivity index (χ1n) is 9.80. The van der Waals surface area contributed by atoms with E-state index in [2.05, 4.69) is 25.6 Å². The first kappa shape index (κ1) is 22.8. The minimum Gasteiger partial charge on any atom is -0.358 e. The number of aryl methyl sites for hydroxylation is 1. The molecule has 0 fully saturated rings. The van der Waals surface area contributed by atoms with E-state index in [-0.39, 0.29) is 5.75 Å². The van der Waals surface area contributed by atoms with E-state index in [1.807, 2.05) is 32.0 Å². The predicted octanol–water partition coefficient (Wildman–Crippen LogP) is 5.73. The van der Waals surface area contributed by atoms with Crippen molar-refractivity contribution in [3.8, 4) is 0 Å². The largest absolute Gasteiger partial charge is 0.358 e. The van der Waals surface area contributed by atoms with Gasteiger partial charge < -0.3 is 4.98 Å². The molecule has 3 aromatic rings. The fourth-order valence-electron chi connectivity index (χ4n) is 3.40. The van der Waals surface area contributed by atoms with Gasteiger partial charge in [-0.3, -0.25) is 4.79 Å². The van der Waals surface area contributed by atoms with E-state index in [4.69, 9.17) is 11.6 Å². The van der Waals surface area contributed by atoms with E-state index < -0.39 is 15.9 Å². The van der Waals surface area contributed by atoms with Crippen LogP contribution in [0.3, 0.4) is 0 Å². The van der Waals surface area contributed by atoms with Gasteiger partial charge in [-0.15, -0.1) is 0 Å². The lowest BCUT2D eigenvalue weighted by Gasteiger charge is -2.08. The lowest BCUT2D eigenvalue weighted by Crippen LogP contribution is -2.32. The highest BCUT2D eigenvalue weighted by molar-refractivity contribution is 9.10. The molecule has 0 aliphatic rings. The van der Waals surface area contributed by atoms with Crippen molar-refractivity contribution >= 4 is 54.4 Å². The zero-order chi connectivity index (χ0) is 21.9. The second kappa shape index (κ2) is 9.54. The van der Waals surface area contributed by atoms with E-state index in [9.17, 15) is 13.2 Å². The Bertz CT molecular complexity index is 1190. The molecule has 0 saturated carbocycles. The van der Waals surface area contributed by atoms with Gasteiger partial charge in [0.2, 0.25) is 10.0 Å². The van der Waals surface area contributed by atoms with Crippen LogP contribution in [0.25, 0.3) is 10.9 Å². The lowest BCUT2D eigenvalue weighted by atomic mass is 10.0. The summed E-state index contributed by atoms with van der Waals surface area (Å²) < 4.78 is 27.4. The highest BCUT2D eigenvalue weighted by Gasteiger charge is 2.18. The molecule has 1 heterocycles. The number of H-pyrrole nitrogens is 1. The van der Waals surface area contributed by atoms with Crippen LogP contribution in [-0.2, 0) is 16.4 Å². The molecule has 0 radical (unpaired) electrons. The molecule has 3 rings (SSSR count). The molecule has 0 unspecified atom stereocenters. The molecule has 0 bridgehead atoms. The van der Waals surface area contributed by atoms with E-state index in [1.54, 1.807) is 18.2 Å². The predicted molar refractivity (Wildman–Crippen MR) is 126 cm³/mol. The fourth-order valence-corrected chi connectivity index (χ4v) is 5.23. The number of benzene rings is 2. The van der Waals surface area contributed by atoms with Crippen LogP contribution < -0.4 is 4.72 Å². The first-order chi connectivity index (χ1) is 14.2. The SMILES string of the molecule is CCCCCS(=O)(=O)NC(=O)c1ccc2[nH]c(C)c(Cc3ccc(Br)cc3Cl)c2c1. The number of halogens is 2. The Kier molecular flexibility index (Phi) is 7.26. The van der Waals surface area contributed by atoms with E-state index in [1.165, 1.54) is 0 Å².